The van der Waals surface area contributed by atoms with E-state index in [2.05, 4.69) is 10.6 Å². The van der Waals surface area contributed by atoms with E-state index in [1.54, 1.807) is 0 Å². The Morgan fingerprint density at radius 2 is 0.794 bits per heavy atom. The molecule has 0 aliphatic heterocycles. The van der Waals surface area contributed by atoms with Crippen LogP contribution in [0.1, 0.15) is 81.1 Å². The molecule has 0 saturated heterocycles. The Kier molecular flexibility index (Phi) is 17.3. The van der Waals surface area contributed by atoms with Crippen LogP contribution in [0.5, 0.6) is 0 Å². The third-order valence-electron chi connectivity index (χ3n) is 4.77. The number of hydrogen-bond donors (Lipinski definition) is 6. The number of amides is 2. The normalized spacial score (nSPS) is 14.8. The van der Waals surface area contributed by atoms with Gasteiger partial charge in [0.25, 0.3) is 0 Å². The summed E-state index contributed by atoms with van der Waals surface area (Å²) in [4.78, 5) is 45.3. The highest BCUT2D eigenvalue weighted by Gasteiger charge is 2.25. The van der Waals surface area contributed by atoms with Crippen LogP contribution in [0.15, 0.2) is 0 Å². The van der Waals surface area contributed by atoms with Crippen molar-refractivity contribution in [2.24, 2.45) is 35.1 Å². The zero-order valence-corrected chi connectivity index (χ0v) is 22.1. The van der Waals surface area contributed by atoms with Gasteiger partial charge in [0.05, 0.1) is 12.1 Å². The van der Waals surface area contributed by atoms with Gasteiger partial charge in [-0.15, -0.1) is 0 Å². The smallest absolute Gasteiger partial charge is 0.326 e. The summed E-state index contributed by atoms with van der Waals surface area (Å²) in [6.45, 7) is 15.5. The number of carboxylic acids is 2. The number of aliphatic carboxylic acids is 2. The van der Waals surface area contributed by atoms with Crippen LogP contribution in [0, 0.1) is 23.7 Å². The largest absolute Gasteiger partial charge is 0.480 e. The van der Waals surface area contributed by atoms with Gasteiger partial charge in [-0.1, -0.05) is 55.4 Å². The van der Waals surface area contributed by atoms with Crippen LogP contribution < -0.4 is 22.1 Å². The fraction of sp³-hybridized carbons (Fsp3) is 0.833. The molecule has 0 unspecified atom stereocenters. The zero-order valence-electron chi connectivity index (χ0n) is 22.1. The van der Waals surface area contributed by atoms with E-state index in [0.29, 0.717) is 37.5 Å². The lowest BCUT2D eigenvalue weighted by Crippen LogP contribution is -2.49. The summed E-state index contributed by atoms with van der Waals surface area (Å²) in [6, 6.07) is -2.96. The van der Waals surface area contributed by atoms with Crippen LogP contribution in [-0.2, 0) is 19.2 Å². The third kappa shape index (κ3) is 17.3. The number of nitrogens with two attached hydrogens (primary N) is 2. The second-order valence-electron chi connectivity index (χ2n) is 10.5. The molecule has 0 aliphatic rings. The molecule has 0 fully saturated rings. The van der Waals surface area contributed by atoms with Crippen molar-refractivity contribution in [3.63, 3.8) is 0 Å². The number of hydrogen-bond acceptors (Lipinski definition) is 6. The van der Waals surface area contributed by atoms with E-state index in [4.69, 9.17) is 21.7 Å². The molecule has 0 aliphatic carbocycles. The van der Waals surface area contributed by atoms with Crippen molar-refractivity contribution in [3.8, 4) is 0 Å². The van der Waals surface area contributed by atoms with Crippen molar-refractivity contribution in [2.75, 3.05) is 0 Å². The summed E-state index contributed by atoms with van der Waals surface area (Å²) in [6.07, 6.45) is 1.94. The van der Waals surface area contributed by atoms with Gasteiger partial charge >= 0.3 is 11.9 Å². The van der Waals surface area contributed by atoms with Gasteiger partial charge in [0.15, 0.2) is 0 Å². The first kappa shape index (κ1) is 34.0. The van der Waals surface area contributed by atoms with Crippen LogP contribution in [0.3, 0.4) is 0 Å². The maximum absolute atomic E-state index is 11.7. The van der Waals surface area contributed by atoms with Gasteiger partial charge in [0.2, 0.25) is 11.8 Å². The van der Waals surface area contributed by atoms with Gasteiger partial charge in [0, 0.05) is 0 Å². The summed E-state index contributed by atoms with van der Waals surface area (Å²) in [5, 5.41) is 22.9. The van der Waals surface area contributed by atoms with Crippen molar-refractivity contribution in [1.29, 1.82) is 0 Å². The summed E-state index contributed by atoms with van der Waals surface area (Å²) in [5.74, 6) is -1.75. The maximum atomic E-state index is 11.7. The predicted molar refractivity (Wildman–Crippen MR) is 133 cm³/mol. The number of rotatable bonds is 14. The van der Waals surface area contributed by atoms with Crippen LogP contribution in [0.2, 0.25) is 0 Å². The molecule has 0 aromatic heterocycles. The highest BCUT2D eigenvalue weighted by atomic mass is 16.4. The molecule has 10 heteroatoms. The molecule has 0 spiro atoms. The van der Waals surface area contributed by atoms with Gasteiger partial charge in [-0.2, -0.15) is 0 Å². The molecule has 0 radical (unpaired) electrons. The minimum atomic E-state index is -1.01. The molecule has 0 aromatic rings. The Hall–Kier alpha value is -2.20. The minimum absolute atomic E-state index is 0.206. The zero-order chi connectivity index (χ0) is 27.2. The predicted octanol–water partition coefficient (Wildman–Crippen LogP) is 1.95. The van der Waals surface area contributed by atoms with Gasteiger partial charge in [-0.25, -0.2) is 9.59 Å². The molecule has 34 heavy (non-hydrogen) atoms. The lowest BCUT2D eigenvalue weighted by molar-refractivity contribution is -0.142. The first-order valence-electron chi connectivity index (χ1n) is 12.0. The second kappa shape index (κ2) is 17.3. The molecule has 2 amide bonds. The summed E-state index contributed by atoms with van der Waals surface area (Å²) >= 11 is 0. The highest BCUT2D eigenvalue weighted by molar-refractivity contribution is 5.87. The summed E-state index contributed by atoms with van der Waals surface area (Å²) < 4.78 is 0. The molecular weight excluding hydrogens is 440 g/mol. The summed E-state index contributed by atoms with van der Waals surface area (Å²) in [5.41, 5.74) is 11.4. The van der Waals surface area contributed by atoms with Crippen molar-refractivity contribution in [1.82, 2.24) is 10.6 Å². The van der Waals surface area contributed by atoms with E-state index in [9.17, 15) is 19.2 Å². The molecule has 0 bridgehead atoms. The molecule has 8 N–H and O–H groups in total. The van der Waals surface area contributed by atoms with E-state index in [1.165, 1.54) is 0 Å². The Labute approximate surface area is 204 Å². The number of carbonyl (C=O) groups is 4. The van der Waals surface area contributed by atoms with Crippen LogP contribution in [-0.4, -0.2) is 58.1 Å². The molecule has 4 atom stereocenters. The maximum Gasteiger partial charge on any atom is 0.326 e. The third-order valence-corrected chi connectivity index (χ3v) is 4.77. The molecule has 0 rings (SSSR count). The Balaban J connectivity index is 0. The Morgan fingerprint density at radius 3 is 0.971 bits per heavy atom. The fourth-order valence-electron chi connectivity index (χ4n) is 3.17. The first-order valence-corrected chi connectivity index (χ1v) is 12.0. The number of carboxylic acid groups (broad SMARTS) is 2. The fourth-order valence-corrected chi connectivity index (χ4v) is 3.17. The Bertz CT molecular complexity index is 583. The molecular formula is C24H48N4O6. The van der Waals surface area contributed by atoms with Crippen molar-refractivity contribution < 1.29 is 29.4 Å². The topological polar surface area (TPSA) is 185 Å². The highest BCUT2D eigenvalue weighted by Crippen LogP contribution is 2.08. The number of nitrogens with one attached hydrogen (secondary N) is 2. The molecule has 200 valence electrons. The Morgan fingerprint density at radius 1 is 0.559 bits per heavy atom. The minimum Gasteiger partial charge on any atom is -0.480 e. The van der Waals surface area contributed by atoms with Crippen LogP contribution >= 0.6 is 0 Å². The molecule has 0 heterocycles. The number of carbonyl (C=O) groups excluding carboxylic acids is 2. The van der Waals surface area contributed by atoms with Crippen LogP contribution in [0.4, 0.5) is 0 Å². The van der Waals surface area contributed by atoms with Crippen molar-refractivity contribution in [2.45, 2.75) is 105 Å². The van der Waals surface area contributed by atoms with Gasteiger partial charge in [-0.05, 0) is 49.4 Å². The summed E-state index contributed by atoms with van der Waals surface area (Å²) in [7, 11) is 0. The molecule has 0 saturated carbocycles. The van der Waals surface area contributed by atoms with E-state index < -0.39 is 36.1 Å². The van der Waals surface area contributed by atoms with Gasteiger partial charge < -0.3 is 32.3 Å². The van der Waals surface area contributed by atoms with E-state index >= 15 is 0 Å². The SMILES string of the molecule is CC(C)C[C@@H](N)C(=O)N[C@@H](CC(C)C)C(=O)O.CC(C)C[C@H](N)C(=O)N[C@H](CC(C)C)C(=O)O. The first-order chi connectivity index (χ1) is 15.5. The second-order valence-corrected chi connectivity index (χ2v) is 10.5. The van der Waals surface area contributed by atoms with Gasteiger partial charge in [-0.3, -0.25) is 9.59 Å². The average Bonchev–Trinajstić information content (AvgIpc) is 2.65. The van der Waals surface area contributed by atoms with E-state index in [-0.39, 0.29) is 23.7 Å². The monoisotopic (exact) mass is 488 g/mol. The lowest BCUT2D eigenvalue weighted by Gasteiger charge is -2.20. The molecule has 0 aromatic carbocycles. The van der Waals surface area contributed by atoms with Crippen molar-refractivity contribution in [3.05, 3.63) is 0 Å². The van der Waals surface area contributed by atoms with E-state index in [1.807, 2.05) is 55.4 Å². The van der Waals surface area contributed by atoms with Gasteiger partial charge in [0.1, 0.15) is 12.1 Å². The quantitative estimate of drug-likeness (QED) is 0.214. The molecule has 10 nitrogen and oxygen atoms in total. The standard InChI is InChI=1S/2C12H24N2O3/c2*1-7(2)5-9(13)11(15)14-10(12(16)17)6-8(3)4/h2*7-10H,5-6,13H2,1-4H3,(H,14,15)(H,16,17)/t2*9-,10+/m10/s1. The average molecular weight is 489 g/mol. The van der Waals surface area contributed by atoms with E-state index in [0.717, 1.165) is 0 Å². The lowest BCUT2D eigenvalue weighted by atomic mass is 10.0. The van der Waals surface area contributed by atoms with Crippen molar-refractivity contribution >= 4 is 23.8 Å². The van der Waals surface area contributed by atoms with Crippen LogP contribution in [0.25, 0.3) is 0 Å².